The fourth-order valence-electron chi connectivity index (χ4n) is 7.52. The minimum Gasteiger partial charge on any atom is -0.479 e. The van der Waals surface area contributed by atoms with Gasteiger partial charge in [0.15, 0.2) is 6.10 Å². The predicted octanol–water partition coefficient (Wildman–Crippen LogP) is -1.68. The highest BCUT2D eigenvalue weighted by atomic mass is 32.2. The van der Waals surface area contributed by atoms with Gasteiger partial charge in [0.05, 0.1) is 81.9 Å². The number of nitrogens with one attached hydrogen (secondary N) is 7. The number of ether oxygens (including phenoxy) is 5. The molecule has 1 saturated carbocycles. The maximum Gasteiger partial charge on any atom is 0.333 e. The minimum absolute atomic E-state index is 0.0115. The summed E-state index contributed by atoms with van der Waals surface area (Å²) in [7, 11) is -2.30. The molecule has 438 valence electrons. The predicted molar refractivity (Wildman–Crippen MR) is 280 cm³/mol. The standard InChI is InChI=1S/C51H76N10O17S/c1-51(2,3)79(72,73)50-56-29-36-37(60-50)15-19-61(48(36)69)20-16-41(63)58-38(12-8-9-18-52-40(62)17-21-75-24-25-77-27-26-76-23-22-74-4)46(67)54-30-42(64)53-32-44(66)59-39(28-34-10-6-5-7-11-34)47(68)55-31-43(65)57-33-78-45(49(70)71)35-13-14-35/h5-7,10-11,29,35,38-39,45H,8-9,12-28,30-33H2,1-4H3,(H,52,62)(H,53,64)(H,54,67)(H,55,68)(H,57,65)(H,58,63)(H,59,66)(H,70,71)/t38-,39-,45-/m0/s1. The summed E-state index contributed by atoms with van der Waals surface area (Å²) in [5.41, 5.74) is 1.04. The lowest BCUT2D eigenvalue weighted by atomic mass is 10.1. The Kier molecular flexibility index (Phi) is 27.6. The molecule has 0 saturated heterocycles. The third-order valence-corrected chi connectivity index (χ3v) is 14.5. The van der Waals surface area contributed by atoms with Crippen LogP contribution in [0.25, 0.3) is 0 Å². The average molecular weight is 1130 g/mol. The third-order valence-electron chi connectivity index (χ3n) is 12.2. The van der Waals surface area contributed by atoms with Gasteiger partial charge in [-0.05, 0) is 64.4 Å². The first-order chi connectivity index (χ1) is 37.7. The largest absolute Gasteiger partial charge is 0.479 e. The Morgan fingerprint density at radius 3 is 1.97 bits per heavy atom. The molecule has 0 spiro atoms. The SMILES string of the molecule is COCCOCCOCCOCCC(=O)NCCCC[C@H](NC(=O)CCN1CCc2nc(S(=O)(=O)C(C)(C)C)ncc2C1=O)C(=O)NCC(=O)NCC(=O)N[C@@H](Cc1ccccc1)C(=O)NCC(=O)NCO[C@H](C(=O)O)C1CC1. The molecule has 27 nitrogen and oxygen atoms in total. The molecule has 8 amide bonds. The Labute approximate surface area is 459 Å². The number of carbonyl (C=O) groups is 9. The van der Waals surface area contributed by atoms with E-state index < -0.39 is 99.7 Å². The van der Waals surface area contributed by atoms with Gasteiger partial charge < -0.3 is 70.9 Å². The van der Waals surface area contributed by atoms with Gasteiger partial charge in [0.25, 0.3) is 5.91 Å². The van der Waals surface area contributed by atoms with Gasteiger partial charge in [-0.1, -0.05) is 30.3 Å². The molecule has 1 fully saturated rings. The van der Waals surface area contributed by atoms with E-state index >= 15 is 0 Å². The van der Waals surface area contributed by atoms with Crippen molar-refractivity contribution in [3.63, 3.8) is 0 Å². The van der Waals surface area contributed by atoms with Gasteiger partial charge in [0.2, 0.25) is 56.3 Å². The number of nitrogens with zero attached hydrogens (tertiary/aromatic N) is 3. The number of rotatable bonds is 38. The Morgan fingerprint density at radius 2 is 1.34 bits per heavy atom. The van der Waals surface area contributed by atoms with Crippen molar-refractivity contribution >= 4 is 63.1 Å². The van der Waals surface area contributed by atoms with Crippen molar-refractivity contribution in [2.24, 2.45) is 5.92 Å². The Balaban J connectivity index is 1.26. The first-order valence-electron chi connectivity index (χ1n) is 26.1. The number of hydrogen-bond acceptors (Lipinski definition) is 18. The number of unbranched alkanes of at least 4 members (excludes halogenated alkanes) is 1. The van der Waals surface area contributed by atoms with Crippen LogP contribution in [0.1, 0.15) is 87.3 Å². The van der Waals surface area contributed by atoms with Gasteiger partial charge in [-0.3, -0.25) is 38.4 Å². The fraction of sp³-hybridized carbons (Fsp3) is 0.627. The van der Waals surface area contributed by atoms with Crippen molar-refractivity contribution in [1.29, 1.82) is 0 Å². The lowest BCUT2D eigenvalue weighted by Gasteiger charge is -2.28. The van der Waals surface area contributed by atoms with Crippen molar-refractivity contribution in [2.75, 3.05) is 99.4 Å². The van der Waals surface area contributed by atoms with E-state index in [-0.39, 0.29) is 93.3 Å². The second-order valence-corrected chi connectivity index (χ2v) is 22.1. The van der Waals surface area contributed by atoms with E-state index in [4.69, 9.17) is 23.7 Å². The van der Waals surface area contributed by atoms with Gasteiger partial charge >= 0.3 is 5.97 Å². The first-order valence-corrected chi connectivity index (χ1v) is 27.6. The summed E-state index contributed by atoms with van der Waals surface area (Å²) in [5.74, 6) is -6.32. The zero-order chi connectivity index (χ0) is 57.8. The number of benzene rings is 1. The van der Waals surface area contributed by atoms with Gasteiger partial charge in [-0.25, -0.2) is 23.2 Å². The molecule has 3 atom stereocenters. The van der Waals surface area contributed by atoms with E-state index in [1.165, 1.54) is 31.9 Å². The molecule has 1 aromatic carbocycles. The molecule has 2 aromatic rings. The average Bonchev–Trinajstić information content (AvgIpc) is 4.30. The number of carboxylic acids is 1. The van der Waals surface area contributed by atoms with E-state index in [0.717, 1.165) is 0 Å². The van der Waals surface area contributed by atoms with Crippen molar-refractivity contribution < 1.29 is 80.4 Å². The van der Waals surface area contributed by atoms with Crippen LogP contribution in [0.4, 0.5) is 0 Å². The normalized spacial score (nSPS) is 14.4. The van der Waals surface area contributed by atoms with Crippen LogP contribution in [0, 0.1) is 5.92 Å². The van der Waals surface area contributed by atoms with Gasteiger partial charge in [0, 0.05) is 58.6 Å². The number of fused-ring (bicyclic) bond motifs is 1. The molecule has 0 unspecified atom stereocenters. The zero-order valence-electron chi connectivity index (χ0n) is 45.3. The van der Waals surface area contributed by atoms with Crippen LogP contribution < -0.4 is 37.2 Å². The highest BCUT2D eigenvalue weighted by Crippen LogP contribution is 2.34. The van der Waals surface area contributed by atoms with Crippen molar-refractivity contribution in [1.82, 2.24) is 52.1 Å². The summed E-state index contributed by atoms with van der Waals surface area (Å²) in [6.07, 6.45) is 2.44. The molecule has 1 aromatic heterocycles. The quantitative estimate of drug-likeness (QED) is 0.0212. The Morgan fingerprint density at radius 1 is 0.734 bits per heavy atom. The molecule has 28 heteroatoms. The van der Waals surface area contributed by atoms with E-state index in [0.29, 0.717) is 70.9 Å². The van der Waals surface area contributed by atoms with Crippen LogP contribution in [0.15, 0.2) is 41.7 Å². The molecule has 2 heterocycles. The van der Waals surface area contributed by atoms with Crippen molar-refractivity contribution in [2.45, 2.75) is 107 Å². The highest BCUT2D eigenvalue weighted by Gasteiger charge is 2.38. The maximum absolute atomic E-state index is 13.6. The topological polar surface area (TPSA) is 367 Å². The van der Waals surface area contributed by atoms with Crippen LogP contribution >= 0.6 is 0 Å². The summed E-state index contributed by atoms with van der Waals surface area (Å²) < 4.78 is 51.1. The molecule has 0 radical (unpaired) electrons. The van der Waals surface area contributed by atoms with E-state index in [9.17, 15) is 56.7 Å². The number of hydrogen-bond donors (Lipinski definition) is 8. The summed E-state index contributed by atoms with van der Waals surface area (Å²) in [6, 6.07) is 6.31. The van der Waals surface area contributed by atoms with Crippen LogP contribution in [-0.2, 0) is 84.7 Å². The second kappa shape index (κ2) is 33.7. The van der Waals surface area contributed by atoms with E-state index in [2.05, 4.69) is 47.2 Å². The molecule has 1 aliphatic carbocycles. The number of methoxy groups -OCH3 is 1. The first kappa shape index (κ1) is 64.8. The number of carbonyl (C=O) groups excluding carboxylic acids is 8. The summed E-state index contributed by atoms with van der Waals surface area (Å²) >= 11 is 0. The summed E-state index contributed by atoms with van der Waals surface area (Å²) in [6.45, 7) is 5.32. The molecule has 0 bridgehead atoms. The lowest BCUT2D eigenvalue weighted by Crippen LogP contribution is -2.53. The van der Waals surface area contributed by atoms with Crippen LogP contribution in [0.3, 0.4) is 0 Å². The molecule has 8 N–H and O–H groups in total. The maximum atomic E-state index is 13.6. The van der Waals surface area contributed by atoms with E-state index in [1.54, 1.807) is 37.4 Å². The molecule has 79 heavy (non-hydrogen) atoms. The number of aromatic nitrogens is 2. The third kappa shape index (κ3) is 23.6. The number of carboxylic acid groups (broad SMARTS) is 1. The number of sulfone groups is 1. The molecule has 4 rings (SSSR count). The van der Waals surface area contributed by atoms with Crippen LogP contribution in [0.5, 0.6) is 0 Å². The fourth-order valence-corrected chi connectivity index (χ4v) is 8.49. The molecular formula is C51H76N10O17S. The van der Waals surface area contributed by atoms with Crippen LogP contribution in [0.2, 0.25) is 0 Å². The Hall–Kier alpha value is -6.72. The summed E-state index contributed by atoms with van der Waals surface area (Å²) in [5, 5.41) is 26.6. The zero-order valence-corrected chi connectivity index (χ0v) is 46.1. The van der Waals surface area contributed by atoms with Gasteiger partial charge in [-0.15, -0.1) is 0 Å². The van der Waals surface area contributed by atoms with E-state index in [1.807, 2.05) is 0 Å². The second-order valence-electron chi connectivity index (χ2n) is 19.5. The minimum atomic E-state index is -3.88. The molecule has 2 aliphatic rings. The van der Waals surface area contributed by atoms with Crippen molar-refractivity contribution in [3.8, 4) is 0 Å². The lowest BCUT2D eigenvalue weighted by molar-refractivity contribution is -0.153. The van der Waals surface area contributed by atoms with Gasteiger partial charge in [0.1, 0.15) is 18.8 Å². The highest BCUT2D eigenvalue weighted by molar-refractivity contribution is 7.92. The summed E-state index contributed by atoms with van der Waals surface area (Å²) in [4.78, 5) is 125. The Bertz CT molecular complexity index is 2480. The monoisotopic (exact) mass is 1130 g/mol. The number of aliphatic carboxylic acids is 1. The number of amides is 8. The molecule has 1 aliphatic heterocycles. The van der Waals surface area contributed by atoms with Gasteiger partial charge in [-0.2, -0.15) is 0 Å². The molecular weight excluding hydrogens is 1060 g/mol. The van der Waals surface area contributed by atoms with Crippen molar-refractivity contribution in [3.05, 3.63) is 53.3 Å². The smallest absolute Gasteiger partial charge is 0.333 e. The van der Waals surface area contributed by atoms with Crippen LogP contribution in [-0.4, -0.2) is 204 Å².